The van der Waals surface area contributed by atoms with Gasteiger partial charge < -0.3 is 5.32 Å². The summed E-state index contributed by atoms with van der Waals surface area (Å²) in [6.07, 6.45) is 4.35. The molecule has 0 fully saturated rings. The van der Waals surface area contributed by atoms with Gasteiger partial charge in [0.2, 0.25) is 0 Å². The molecule has 1 heterocycles. The Morgan fingerprint density at radius 3 is 2.68 bits per heavy atom. The van der Waals surface area contributed by atoms with Crippen molar-refractivity contribution in [3.8, 4) is 0 Å². The van der Waals surface area contributed by atoms with Gasteiger partial charge in [-0.25, -0.2) is 0 Å². The second kappa shape index (κ2) is 5.59. The molecule has 2 aromatic rings. The molecule has 0 spiro atoms. The largest absolute Gasteiger partial charge is 0.381 e. The van der Waals surface area contributed by atoms with Crippen LogP contribution in [-0.2, 0) is 19.4 Å². The quantitative estimate of drug-likeness (QED) is 0.746. The van der Waals surface area contributed by atoms with Crippen LogP contribution in [0, 0.1) is 0 Å². The van der Waals surface area contributed by atoms with E-state index in [1.165, 1.54) is 31.7 Å². The van der Waals surface area contributed by atoms with E-state index in [1.807, 2.05) is 0 Å². The second-order valence-electron chi connectivity index (χ2n) is 4.77. The molecular weight excluding hydrogens is 318 g/mol. The van der Waals surface area contributed by atoms with Crippen molar-refractivity contribution in [3.05, 3.63) is 57.6 Å². The smallest absolute Gasteiger partial charge is 0.0404 e. The lowest BCUT2D eigenvalue weighted by Crippen LogP contribution is -2.10. The summed E-state index contributed by atoms with van der Waals surface area (Å²) < 4.78 is 1.20. The zero-order valence-corrected chi connectivity index (χ0v) is 13.3. The normalized spacial score (nSPS) is 13.8. The van der Waals surface area contributed by atoms with Crippen molar-refractivity contribution < 1.29 is 0 Å². The van der Waals surface area contributed by atoms with Gasteiger partial charge in [-0.1, -0.05) is 18.2 Å². The topological polar surface area (TPSA) is 12.0 Å². The maximum atomic E-state index is 3.66. The van der Waals surface area contributed by atoms with Crippen LogP contribution in [0.1, 0.15) is 16.7 Å². The second-order valence-corrected chi connectivity index (χ2v) is 6.47. The average molecular weight is 334 g/mol. The van der Waals surface area contributed by atoms with E-state index in [1.54, 1.807) is 11.8 Å². The summed E-state index contributed by atoms with van der Waals surface area (Å²) in [5.41, 5.74) is 5.56. The first kappa shape index (κ1) is 13.1. The first-order chi connectivity index (χ1) is 9.28. The molecule has 1 aliphatic heterocycles. The number of thioether (sulfide) groups is 1. The minimum Gasteiger partial charge on any atom is -0.381 e. The molecule has 1 N–H and O–H groups in total. The Labute approximate surface area is 126 Å². The highest BCUT2D eigenvalue weighted by Crippen LogP contribution is 2.32. The van der Waals surface area contributed by atoms with Crippen molar-refractivity contribution in [1.29, 1.82) is 0 Å². The monoisotopic (exact) mass is 333 g/mol. The Kier molecular flexibility index (Phi) is 3.85. The molecule has 1 nitrogen and oxygen atoms in total. The molecule has 0 aliphatic carbocycles. The number of halogens is 1. The molecule has 3 rings (SSSR count). The Morgan fingerprint density at radius 1 is 1.05 bits per heavy atom. The summed E-state index contributed by atoms with van der Waals surface area (Å²) >= 11 is 5.46. The van der Waals surface area contributed by atoms with E-state index in [0.29, 0.717) is 0 Å². The zero-order chi connectivity index (χ0) is 13.2. The highest BCUT2D eigenvalue weighted by atomic mass is 79.9. The van der Waals surface area contributed by atoms with Crippen LogP contribution in [0.4, 0.5) is 5.69 Å². The van der Waals surface area contributed by atoms with Crippen LogP contribution >= 0.6 is 27.7 Å². The van der Waals surface area contributed by atoms with E-state index in [0.717, 1.165) is 19.4 Å². The maximum Gasteiger partial charge on any atom is 0.0404 e. The Hall–Kier alpha value is -0.930. The minimum absolute atomic E-state index is 0.902. The van der Waals surface area contributed by atoms with Crippen LogP contribution in [0.2, 0.25) is 0 Å². The van der Waals surface area contributed by atoms with Gasteiger partial charge in [-0.2, -0.15) is 0 Å². The van der Waals surface area contributed by atoms with Gasteiger partial charge in [0.15, 0.2) is 0 Å². The Bertz CT molecular complexity index is 610. The van der Waals surface area contributed by atoms with Crippen LogP contribution in [-0.4, -0.2) is 6.26 Å². The summed E-state index contributed by atoms with van der Waals surface area (Å²) in [6.45, 7) is 0.902. The first-order valence-corrected chi connectivity index (χ1v) is 8.47. The molecule has 0 radical (unpaired) electrons. The Balaban J connectivity index is 1.97. The summed E-state index contributed by atoms with van der Waals surface area (Å²) in [5.74, 6) is 0. The molecule has 0 saturated heterocycles. The van der Waals surface area contributed by atoms with Crippen molar-refractivity contribution >= 4 is 33.4 Å². The average Bonchev–Trinajstić information content (AvgIpc) is 2.42. The van der Waals surface area contributed by atoms with E-state index in [9.17, 15) is 0 Å². The molecule has 2 aromatic carbocycles. The number of para-hydroxylation sites is 1. The predicted octanol–water partition coefficient (Wildman–Crippen LogP) is 4.88. The fourth-order valence-electron chi connectivity index (χ4n) is 2.56. The lowest BCUT2D eigenvalue weighted by molar-refractivity contribution is 0.904. The number of hydrogen-bond donors (Lipinski definition) is 1. The van der Waals surface area contributed by atoms with Crippen LogP contribution in [0.15, 0.2) is 45.8 Å². The number of benzene rings is 2. The van der Waals surface area contributed by atoms with Crippen molar-refractivity contribution in [2.75, 3.05) is 11.6 Å². The third-order valence-electron chi connectivity index (χ3n) is 3.62. The standard InChI is InChI=1S/C16H16BrNS/c1-19-16-9-12-7-6-11-4-2-3-5-15(11)18-10-13(12)8-14(16)17/h2-5,8-9,18H,6-7,10H2,1H3. The van der Waals surface area contributed by atoms with Gasteiger partial charge in [0.25, 0.3) is 0 Å². The maximum absolute atomic E-state index is 3.66. The summed E-state index contributed by atoms with van der Waals surface area (Å²) in [7, 11) is 0. The fourth-order valence-corrected chi connectivity index (χ4v) is 3.95. The van der Waals surface area contributed by atoms with Crippen LogP contribution in [0.5, 0.6) is 0 Å². The van der Waals surface area contributed by atoms with E-state index in [-0.39, 0.29) is 0 Å². The molecule has 3 heteroatoms. The summed E-state index contributed by atoms with van der Waals surface area (Å²) in [6, 6.07) is 13.2. The Morgan fingerprint density at radius 2 is 1.84 bits per heavy atom. The number of fused-ring (bicyclic) bond motifs is 2. The van der Waals surface area contributed by atoms with Gasteiger partial charge in [0, 0.05) is 21.6 Å². The molecule has 0 unspecified atom stereocenters. The van der Waals surface area contributed by atoms with Crippen molar-refractivity contribution in [3.63, 3.8) is 0 Å². The van der Waals surface area contributed by atoms with E-state index < -0.39 is 0 Å². The van der Waals surface area contributed by atoms with E-state index in [2.05, 4.69) is 63.9 Å². The van der Waals surface area contributed by atoms with Gasteiger partial charge in [0.1, 0.15) is 0 Å². The number of nitrogens with one attached hydrogen (secondary N) is 1. The molecular formula is C16H16BrNS. The predicted molar refractivity (Wildman–Crippen MR) is 87.1 cm³/mol. The highest BCUT2D eigenvalue weighted by Gasteiger charge is 2.12. The van der Waals surface area contributed by atoms with Crippen LogP contribution < -0.4 is 5.32 Å². The minimum atomic E-state index is 0.902. The molecule has 0 amide bonds. The van der Waals surface area contributed by atoms with Crippen molar-refractivity contribution in [2.45, 2.75) is 24.3 Å². The highest BCUT2D eigenvalue weighted by molar-refractivity contribution is 9.10. The molecule has 0 aromatic heterocycles. The van der Waals surface area contributed by atoms with Gasteiger partial charge in [-0.3, -0.25) is 0 Å². The molecule has 0 atom stereocenters. The van der Waals surface area contributed by atoms with Crippen molar-refractivity contribution in [1.82, 2.24) is 0 Å². The van der Waals surface area contributed by atoms with Gasteiger partial charge in [-0.05, 0) is 69.9 Å². The SMILES string of the molecule is CSc1cc2c(cc1Br)CNc1ccccc1CC2. The van der Waals surface area contributed by atoms with Crippen LogP contribution in [0.3, 0.4) is 0 Å². The number of anilines is 1. The van der Waals surface area contributed by atoms with E-state index in [4.69, 9.17) is 0 Å². The zero-order valence-electron chi connectivity index (χ0n) is 10.9. The molecule has 0 bridgehead atoms. The number of aryl methyl sites for hydroxylation is 2. The third-order valence-corrected chi connectivity index (χ3v) is 5.32. The van der Waals surface area contributed by atoms with Gasteiger partial charge in [0.05, 0.1) is 0 Å². The first-order valence-electron chi connectivity index (χ1n) is 6.45. The van der Waals surface area contributed by atoms with Crippen molar-refractivity contribution in [2.24, 2.45) is 0 Å². The summed E-state index contributed by atoms with van der Waals surface area (Å²) in [5, 5.41) is 3.56. The lowest BCUT2D eigenvalue weighted by Gasteiger charge is -2.20. The third kappa shape index (κ3) is 2.67. The lowest BCUT2D eigenvalue weighted by atomic mass is 9.96. The molecule has 0 saturated carbocycles. The molecule has 98 valence electrons. The summed E-state index contributed by atoms with van der Waals surface area (Å²) in [4.78, 5) is 1.33. The molecule has 1 aliphatic rings. The van der Waals surface area contributed by atoms with Gasteiger partial charge in [-0.15, -0.1) is 11.8 Å². The van der Waals surface area contributed by atoms with E-state index >= 15 is 0 Å². The van der Waals surface area contributed by atoms with Crippen LogP contribution in [0.25, 0.3) is 0 Å². The number of rotatable bonds is 1. The fraction of sp³-hybridized carbons (Fsp3) is 0.250. The van der Waals surface area contributed by atoms with Gasteiger partial charge >= 0.3 is 0 Å². The molecule has 19 heavy (non-hydrogen) atoms. The number of hydrogen-bond acceptors (Lipinski definition) is 2.